The predicted molar refractivity (Wildman–Crippen MR) is 118 cm³/mol. The second-order valence-electron chi connectivity index (χ2n) is 7.70. The lowest BCUT2D eigenvalue weighted by molar-refractivity contribution is -0.147. The molecule has 0 aliphatic rings. The van der Waals surface area contributed by atoms with Crippen LogP contribution in [0.15, 0.2) is 24.3 Å². The third-order valence-electron chi connectivity index (χ3n) is 4.76. The van der Waals surface area contributed by atoms with Crippen molar-refractivity contribution in [1.82, 2.24) is 16.0 Å². The molecule has 0 saturated heterocycles. The van der Waals surface area contributed by atoms with Gasteiger partial charge in [-0.3, -0.25) is 24.0 Å². The number of nitrogens with one attached hydrogen (secondary N) is 3. The average Bonchev–Trinajstić information content (AvgIpc) is 2.77. The van der Waals surface area contributed by atoms with Crippen LogP contribution in [0.1, 0.15) is 31.7 Å². The van der Waals surface area contributed by atoms with Gasteiger partial charge in [-0.2, -0.15) is 0 Å². The average molecular weight is 496 g/mol. The first-order valence-electron chi connectivity index (χ1n) is 10.4. The van der Waals surface area contributed by atoms with Crippen molar-refractivity contribution in [3.63, 3.8) is 0 Å². The molecular weight excluding hydrogens is 468 g/mol. The molecule has 0 aliphatic heterocycles. The molecule has 9 N–H and O–H groups in total. The molecule has 0 fully saturated rings. The maximum absolute atomic E-state index is 12.9. The van der Waals surface area contributed by atoms with Gasteiger partial charge >= 0.3 is 17.9 Å². The van der Waals surface area contributed by atoms with Crippen molar-refractivity contribution in [3.05, 3.63) is 29.8 Å². The van der Waals surface area contributed by atoms with Crippen molar-refractivity contribution in [2.75, 3.05) is 0 Å². The lowest BCUT2D eigenvalue weighted by atomic mass is 10.0. The van der Waals surface area contributed by atoms with Crippen LogP contribution in [-0.4, -0.2) is 80.2 Å². The predicted octanol–water partition coefficient (Wildman–Crippen LogP) is -1.84. The molecule has 0 heterocycles. The molecule has 1 aromatic carbocycles. The molecule has 4 atom stereocenters. The molecule has 0 radical (unpaired) electrons. The van der Waals surface area contributed by atoms with Gasteiger partial charge in [0.15, 0.2) is 0 Å². The first-order chi connectivity index (χ1) is 16.3. The number of hydrogen-bond donors (Lipinski definition) is 8. The van der Waals surface area contributed by atoms with E-state index < -0.39 is 66.2 Å². The van der Waals surface area contributed by atoms with Crippen LogP contribution in [0, 0.1) is 0 Å². The molecule has 0 bridgehead atoms. The highest BCUT2D eigenvalue weighted by atomic mass is 16.4. The minimum atomic E-state index is -1.72. The van der Waals surface area contributed by atoms with Crippen LogP contribution in [-0.2, 0) is 35.2 Å². The summed E-state index contributed by atoms with van der Waals surface area (Å²) in [5.41, 5.74) is 6.21. The number of carbonyl (C=O) groups is 6. The number of aliphatic carboxylic acids is 3. The minimum absolute atomic E-state index is 0.0332. The van der Waals surface area contributed by atoms with E-state index in [9.17, 15) is 33.9 Å². The summed E-state index contributed by atoms with van der Waals surface area (Å²) in [4.78, 5) is 70.2. The van der Waals surface area contributed by atoms with Crippen molar-refractivity contribution in [2.45, 2.75) is 56.8 Å². The summed E-state index contributed by atoms with van der Waals surface area (Å²) in [7, 11) is 0. The fraction of sp³-hybridized carbons (Fsp3) is 0.429. The molecule has 0 spiro atoms. The van der Waals surface area contributed by atoms with Crippen molar-refractivity contribution in [1.29, 1.82) is 0 Å². The zero-order valence-electron chi connectivity index (χ0n) is 18.8. The summed E-state index contributed by atoms with van der Waals surface area (Å²) < 4.78 is 0. The molecule has 1 rings (SSSR count). The topological polar surface area (TPSA) is 245 Å². The highest BCUT2D eigenvalue weighted by molar-refractivity contribution is 5.94. The van der Waals surface area contributed by atoms with Gasteiger partial charge < -0.3 is 42.1 Å². The van der Waals surface area contributed by atoms with Crippen LogP contribution < -0.4 is 21.7 Å². The Morgan fingerprint density at radius 3 is 1.91 bits per heavy atom. The Balaban J connectivity index is 2.94. The number of aromatic hydroxyl groups is 1. The van der Waals surface area contributed by atoms with Crippen LogP contribution in [0.3, 0.4) is 0 Å². The van der Waals surface area contributed by atoms with Crippen molar-refractivity contribution in [3.8, 4) is 5.75 Å². The first-order valence-corrected chi connectivity index (χ1v) is 10.4. The Kier molecular flexibility index (Phi) is 11.1. The van der Waals surface area contributed by atoms with Gasteiger partial charge in [-0.15, -0.1) is 0 Å². The number of hydrogen-bond acceptors (Lipinski definition) is 8. The summed E-state index contributed by atoms with van der Waals surface area (Å²) in [5, 5.41) is 42.7. The van der Waals surface area contributed by atoms with Crippen molar-refractivity contribution < 1.29 is 49.2 Å². The number of amides is 3. The normalized spacial score (nSPS) is 14.0. The van der Waals surface area contributed by atoms with Crippen molar-refractivity contribution >= 4 is 35.6 Å². The number of phenols is 1. The lowest BCUT2D eigenvalue weighted by Gasteiger charge is -2.23. The summed E-state index contributed by atoms with van der Waals surface area (Å²) in [6.45, 7) is 1.23. The first kappa shape index (κ1) is 28.8. The van der Waals surface area contributed by atoms with Gasteiger partial charge in [0.25, 0.3) is 0 Å². The lowest BCUT2D eigenvalue weighted by Crippen LogP contribution is -2.57. The Labute approximate surface area is 199 Å². The molecule has 0 aliphatic carbocycles. The summed E-state index contributed by atoms with van der Waals surface area (Å²) >= 11 is 0. The van der Waals surface area contributed by atoms with Gasteiger partial charge in [0.1, 0.15) is 23.9 Å². The zero-order chi connectivity index (χ0) is 26.7. The van der Waals surface area contributed by atoms with E-state index in [1.807, 2.05) is 5.32 Å². The van der Waals surface area contributed by atoms with Gasteiger partial charge in [-0.05, 0) is 31.0 Å². The van der Waals surface area contributed by atoms with Crippen LogP contribution in [0.5, 0.6) is 5.75 Å². The standard InChI is InChI=1S/C21H28N4O10/c1-10(18(31)25-15(21(34)35)9-17(29)30)23-20(33)14(8-11-2-4-12(26)5-3-11)24-19(32)13(22)6-7-16(27)28/h2-5,10,13-15,26H,6-9,22H2,1H3,(H,23,33)(H,24,32)(H,25,31)(H,27,28)(H,29,30)(H,34,35). The Hall–Kier alpha value is -4.20. The number of carboxylic acids is 3. The zero-order valence-corrected chi connectivity index (χ0v) is 18.8. The quantitative estimate of drug-likeness (QED) is 0.142. The van der Waals surface area contributed by atoms with E-state index in [0.29, 0.717) is 5.56 Å². The number of phenolic OH excluding ortho intramolecular Hbond substituents is 1. The van der Waals surface area contributed by atoms with Crippen LogP contribution in [0.25, 0.3) is 0 Å². The van der Waals surface area contributed by atoms with E-state index in [4.69, 9.17) is 21.1 Å². The molecule has 0 saturated carbocycles. The highest BCUT2D eigenvalue weighted by Crippen LogP contribution is 2.12. The smallest absolute Gasteiger partial charge is 0.326 e. The van der Waals surface area contributed by atoms with E-state index in [1.165, 1.54) is 31.2 Å². The fourth-order valence-corrected chi connectivity index (χ4v) is 2.82. The van der Waals surface area contributed by atoms with E-state index in [-0.39, 0.29) is 25.0 Å². The van der Waals surface area contributed by atoms with Gasteiger partial charge in [0.2, 0.25) is 17.7 Å². The maximum atomic E-state index is 12.9. The second kappa shape index (κ2) is 13.5. The largest absolute Gasteiger partial charge is 0.508 e. The van der Waals surface area contributed by atoms with E-state index in [2.05, 4.69) is 10.6 Å². The number of carboxylic acid groups (broad SMARTS) is 3. The van der Waals surface area contributed by atoms with Crippen LogP contribution in [0.2, 0.25) is 0 Å². The van der Waals surface area contributed by atoms with Gasteiger partial charge in [-0.25, -0.2) is 4.79 Å². The maximum Gasteiger partial charge on any atom is 0.326 e. The molecule has 4 unspecified atom stereocenters. The molecule has 192 valence electrons. The van der Waals surface area contributed by atoms with Gasteiger partial charge in [0.05, 0.1) is 12.5 Å². The number of benzene rings is 1. The van der Waals surface area contributed by atoms with Crippen LogP contribution in [0.4, 0.5) is 0 Å². The molecule has 35 heavy (non-hydrogen) atoms. The molecule has 14 nitrogen and oxygen atoms in total. The van der Waals surface area contributed by atoms with Gasteiger partial charge in [-0.1, -0.05) is 12.1 Å². The van der Waals surface area contributed by atoms with E-state index >= 15 is 0 Å². The van der Waals surface area contributed by atoms with Crippen LogP contribution >= 0.6 is 0 Å². The Morgan fingerprint density at radius 2 is 1.40 bits per heavy atom. The van der Waals surface area contributed by atoms with Crippen molar-refractivity contribution in [2.24, 2.45) is 5.73 Å². The number of carbonyl (C=O) groups excluding carboxylic acids is 3. The minimum Gasteiger partial charge on any atom is -0.508 e. The fourth-order valence-electron chi connectivity index (χ4n) is 2.82. The van der Waals surface area contributed by atoms with E-state index in [1.54, 1.807) is 0 Å². The molecular formula is C21H28N4O10. The summed E-state index contributed by atoms with van der Waals surface area (Å²) in [6, 6.07) is 0.167. The molecule has 14 heteroatoms. The molecule has 0 aromatic heterocycles. The Morgan fingerprint density at radius 1 is 0.829 bits per heavy atom. The summed E-state index contributed by atoms with van der Waals surface area (Å²) in [5.74, 6) is -6.85. The Bertz CT molecular complexity index is 950. The third kappa shape index (κ3) is 10.5. The van der Waals surface area contributed by atoms with E-state index in [0.717, 1.165) is 0 Å². The molecule has 1 aromatic rings. The highest BCUT2D eigenvalue weighted by Gasteiger charge is 2.29. The SMILES string of the molecule is CC(NC(=O)C(Cc1ccc(O)cc1)NC(=O)C(N)CCC(=O)O)C(=O)NC(CC(=O)O)C(=O)O. The molecule has 3 amide bonds. The van der Waals surface area contributed by atoms with Gasteiger partial charge in [0, 0.05) is 12.8 Å². The summed E-state index contributed by atoms with van der Waals surface area (Å²) in [6.07, 6.45) is -1.53. The third-order valence-corrected chi connectivity index (χ3v) is 4.76. The number of rotatable bonds is 14. The number of nitrogens with two attached hydrogens (primary N) is 1. The monoisotopic (exact) mass is 496 g/mol. The second-order valence-corrected chi connectivity index (χ2v) is 7.70.